The normalized spacial score (nSPS) is 11.3. The van der Waals surface area contributed by atoms with Crippen LogP contribution in [0.15, 0.2) is 27.8 Å². The Balaban J connectivity index is 1.96. The van der Waals surface area contributed by atoms with Gasteiger partial charge in [-0.1, -0.05) is 6.07 Å². The molecule has 0 amide bonds. The SMILES string of the molecule is CNCCCNCc1nnc2c(n1)c(=O)n(C)c(=O)n2Cc1ccc(F)c(F)c1. The predicted octanol–water partition coefficient (Wildman–Crippen LogP) is -0.0892. The highest BCUT2D eigenvalue weighted by molar-refractivity contribution is 5.68. The molecular formula is C18H21F2N7O2. The van der Waals surface area contributed by atoms with Crippen molar-refractivity contribution in [3.8, 4) is 0 Å². The first kappa shape index (κ1) is 20.7. The summed E-state index contributed by atoms with van der Waals surface area (Å²) in [7, 11) is 3.19. The molecule has 0 bridgehead atoms. The molecule has 3 rings (SSSR count). The quantitative estimate of drug-likeness (QED) is 0.505. The smallest absolute Gasteiger partial charge is 0.320 e. The maximum absolute atomic E-state index is 13.5. The van der Waals surface area contributed by atoms with Gasteiger partial charge in [0.25, 0.3) is 5.56 Å². The summed E-state index contributed by atoms with van der Waals surface area (Å²) in [5.74, 6) is -1.70. The molecule has 0 aliphatic carbocycles. The van der Waals surface area contributed by atoms with E-state index in [4.69, 9.17) is 0 Å². The Morgan fingerprint density at radius 1 is 1.10 bits per heavy atom. The highest BCUT2D eigenvalue weighted by atomic mass is 19.2. The van der Waals surface area contributed by atoms with Crippen LogP contribution >= 0.6 is 0 Å². The van der Waals surface area contributed by atoms with Crippen LogP contribution in [0, 0.1) is 11.6 Å². The molecule has 9 nitrogen and oxygen atoms in total. The second-order valence-corrected chi connectivity index (χ2v) is 6.52. The topological polar surface area (TPSA) is 107 Å². The molecule has 3 aromatic rings. The van der Waals surface area contributed by atoms with Gasteiger partial charge in [0.1, 0.15) is 0 Å². The van der Waals surface area contributed by atoms with E-state index in [0.717, 1.165) is 40.8 Å². The molecule has 2 N–H and O–H groups in total. The number of hydrogen-bond acceptors (Lipinski definition) is 7. The summed E-state index contributed by atoms with van der Waals surface area (Å²) in [5.41, 5.74) is -0.944. The molecule has 1 aromatic carbocycles. The third-order valence-electron chi connectivity index (χ3n) is 4.38. The Kier molecular flexibility index (Phi) is 6.39. The van der Waals surface area contributed by atoms with Gasteiger partial charge in [0.15, 0.2) is 28.6 Å². The molecule has 0 aliphatic rings. The van der Waals surface area contributed by atoms with Gasteiger partial charge in [0, 0.05) is 7.05 Å². The number of benzene rings is 1. The third-order valence-corrected chi connectivity index (χ3v) is 4.38. The lowest BCUT2D eigenvalue weighted by molar-refractivity contribution is 0.506. The van der Waals surface area contributed by atoms with Crippen molar-refractivity contribution in [3.05, 3.63) is 62.1 Å². The zero-order chi connectivity index (χ0) is 21.0. The Morgan fingerprint density at radius 3 is 2.62 bits per heavy atom. The molecule has 2 aromatic heterocycles. The summed E-state index contributed by atoms with van der Waals surface area (Å²) in [6.45, 7) is 1.80. The first-order valence-corrected chi connectivity index (χ1v) is 9.04. The van der Waals surface area contributed by atoms with Crippen LogP contribution in [0.4, 0.5) is 8.78 Å². The van der Waals surface area contributed by atoms with E-state index in [2.05, 4.69) is 25.8 Å². The highest BCUT2D eigenvalue weighted by Crippen LogP contribution is 2.11. The number of nitrogens with zero attached hydrogens (tertiary/aromatic N) is 5. The predicted molar refractivity (Wildman–Crippen MR) is 103 cm³/mol. The molecule has 11 heteroatoms. The summed E-state index contributed by atoms with van der Waals surface area (Å²) in [5, 5.41) is 14.2. The molecule has 29 heavy (non-hydrogen) atoms. The number of rotatable bonds is 8. The zero-order valence-electron chi connectivity index (χ0n) is 16.1. The zero-order valence-corrected chi connectivity index (χ0v) is 16.1. The molecule has 0 radical (unpaired) electrons. The van der Waals surface area contributed by atoms with Crippen LogP contribution < -0.4 is 21.9 Å². The minimum absolute atomic E-state index is 0.0123. The van der Waals surface area contributed by atoms with Crippen LogP contribution in [0.25, 0.3) is 11.2 Å². The molecule has 0 saturated heterocycles. The Labute approximate surface area is 164 Å². The van der Waals surface area contributed by atoms with E-state index in [1.807, 2.05) is 7.05 Å². The Morgan fingerprint density at radius 2 is 1.90 bits per heavy atom. The van der Waals surface area contributed by atoms with Crippen LogP contribution in [0.2, 0.25) is 0 Å². The summed E-state index contributed by atoms with van der Waals surface area (Å²) >= 11 is 0. The van der Waals surface area contributed by atoms with Crippen LogP contribution in [0.1, 0.15) is 17.8 Å². The van der Waals surface area contributed by atoms with Crippen LogP contribution in [0.5, 0.6) is 0 Å². The Bertz CT molecular complexity index is 1140. The average molecular weight is 405 g/mol. The maximum Gasteiger partial charge on any atom is 0.332 e. The summed E-state index contributed by atoms with van der Waals surface area (Å²) < 4.78 is 28.8. The largest absolute Gasteiger partial charge is 0.332 e. The van der Waals surface area contributed by atoms with E-state index in [-0.39, 0.29) is 17.7 Å². The standard InChI is InChI=1S/C18H21F2N7O2/c1-21-6-3-7-22-9-14-23-15-16(25-24-14)27(18(29)26(2)17(15)28)10-11-4-5-12(19)13(20)8-11/h4-5,8,21-22H,3,6-7,9-10H2,1-2H3. The minimum atomic E-state index is -1.03. The van der Waals surface area contributed by atoms with E-state index in [1.165, 1.54) is 13.1 Å². The van der Waals surface area contributed by atoms with Gasteiger partial charge in [-0.05, 0) is 44.3 Å². The summed E-state index contributed by atoms with van der Waals surface area (Å²) in [4.78, 5) is 29.3. The van der Waals surface area contributed by atoms with Gasteiger partial charge in [-0.15, -0.1) is 10.2 Å². The maximum atomic E-state index is 13.5. The fourth-order valence-electron chi connectivity index (χ4n) is 2.82. The van der Waals surface area contributed by atoms with Crippen molar-refractivity contribution in [1.29, 1.82) is 0 Å². The first-order valence-electron chi connectivity index (χ1n) is 9.04. The lowest BCUT2D eigenvalue weighted by Gasteiger charge is -2.11. The van der Waals surface area contributed by atoms with E-state index in [1.54, 1.807) is 0 Å². The van der Waals surface area contributed by atoms with Crippen molar-refractivity contribution in [3.63, 3.8) is 0 Å². The number of aromatic nitrogens is 5. The monoisotopic (exact) mass is 405 g/mol. The molecule has 0 unspecified atom stereocenters. The highest BCUT2D eigenvalue weighted by Gasteiger charge is 2.16. The van der Waals surface area contributed by atoms with Gasteiger partial charge in [-0.3, -0.25) is 13.9 Å². The second-order valence-electron chi connectivity index (χ2n) is 6.52. The van der Waals surface area contributed by atoms with Crippen LogP contribution in [0.3, 0.4) is 0 Å². The van der Waals surface area contributed by atoms with E-state index >= 15 is 0 Å². The third kappa shape index (κ3) is 4.51. The van der Waals surface area contributed by atoms with E-state index < -0.39 is 22.9 Å². The Hall–Kier alpha value is -3.05. The van der Waals surface area contributed by atoms with Gasteiger partial charge >= 0.3 is 5.69 Å². The van der Waals surface area contributed by atoms with Gasteiger partial charge in [-0.2, -0.15) is 0 Å². The molecule has 0 fully saturated rings. The van der Waals surface area contributed by atoms with Crippen molar-refractivity contribution in [1.82, 2.24) is 34.9 Å². The average Bonchev–Trinajstić information content (AvgIpc) is 2.72. The second kappa shape index (κ2) is 8.97. The fraction of sp³-hybridized carbons (Fsp3) is 0.389. The van der Waals surface area contributed by atoms with Crippen LogP contribution in [-0.2, 0) is 20.1 Å². The number of hydrogen-bond donors (Lipinski definition) is 2. The fourth-order valence-corrected chi connectivity index (χ4v) is 2.82. The minimum Gasteiger partial charge on any atom is -0.320 e. The van der Waals surface area contributed by atoms with E-state index in [9.17, 15) is 18.4 Å². The molecule has 2 heterocycles. The molecule has 0 saturated carbocycles. The summed E-state index contributed by atoms with van der Waals surface area (Å²) in [6, 6.07) is 3.32. The van der Waals surface area contributed by atoms with Crippen molar-refractivity contribution in [2.45, 2.75) is 19.5 Å². The molecule has 0 spiro atoms. The number of nitrogens with one attached hydrogen (secondary N) is 2. The number of fused-ring (bicyclic) bond motifs is 1. The van der Waals surface area contributed by atoms with Gasteiger partial charge < -0.3 is 10.6 Å². The molecule has 0 atom stereocenters. The summed E-state index contributed by atoms with van der Waals surface area (Å²) in [6.07, 6.45) is 0.910. The van der Waals surface area contributed by atoms with E-state index in [0.29, 0.717) is 17.9 Å². The molecular weight excluding hydrogens is 384 g/mol. The van der Waals surface area contributed by atoms with Crippen molar-refractivity contribution >= 4 is 11.2 Å². The van der Waals surface area contributed by atoms with Crippen molar-refractivity contribution < 1.29 is 8.78 Å². The lowest BCUT2D eigenvalue weighted by atomic mass is 10.2. The molecule has 0 aliphatic heterocycles. The number of halogens is 2. The van der Waals surface area contributed by atoms with Gasteiger partial charge in [0.2, 0.25) is 0 Å². The molecule has 154 valence electrons. The first-order chi connectivity index (χ1) is 13.9. The van der Waals surface area contributed by atoms with Crippen molar-refractivity contribution in [2.75, 3.05) is 20.1 Å². The lowest BCUT2D eigenvalue weighted by Crippen LogP contribution is -2.39. The van der Waals surface area contributed by atoms with Crippen molar-refractivity contribution in [2.24, 2.45) is 7.05 Å². The van der Waals surface area contributed by atoms with Gasteiger partial charge in [-0.25, -0.2) is 18.6 Å². The van der Waals surface area contributed by atoms with Gasteiger partial charge in [0.05, 0.1) is 13.1 Å². The van der Waals surface area contributed by atoms with Crippen LogP contribution in [-0.4, -0.2) is 44.5 Å².